The first-order chi connectivity index (χ1) is 14.4. The Morgan fingerprint density at radius 1 is 1.27 bits per heavy atom. The number of nitrogens with one attached hydrogen (secondary N) is 1. The van der Waals surface area contributed by atoms with Gasteiger partial charge in [0.2, 0.25) is 0 Å². The number of fused-ring (bicyclic) bond motifs is 1. The Hall–Kier alpha value is -2.55. The average molecular weight is 434 g/mol. The average Bonchev–Trinajstić information content (AvgIpc) is 2.72. The first-order valence-corrected chi connectivity index (χ1v) is 10.1. The van der Waals surface area contributed by atoms with E-state index in [2.05, 4.69) is 15.3 Å². The summed E-state index contributed by atoms with van der Waals surface area (Å²) in [6.07, 6.45) is 1.64. The highest BCUT2D eigenvalue weighted by Gasteiger charge is 2.14. The van der Waals surface area contributed by atoms with E-state index in [4.69, 9.17) is 16.3 Å². The van der Waals surface area contributed by atoms with Crippen LogP contribution in [0.5, 0.6) is 0 Å². The van der Waals surface area contributed by atoms with Gasteiger partial charge in [0.25, 0.3) is 5.56 Å². The maximum atomic E-state index is 13.5. The molecule has 0 fully saturated rings. The van der Waals surface area contributed by atoms with Gasteiger partial charge in [-0.1, -0.05) is 17.7 Å². The van der Waals surface area contributed by atoms with Gasteiger partial charge in [-0.05, 0) is 44.8 Å². The third-order valence-corrected chi connectivity index (χ3v) is 4.86. The van der Waals surface area contributed by atoms with Crippen LogP contribution in [0.2, 0.25) is 5.02 Å². The molecule has 0 aliphatic rings. The second kappa shape index (κ2) is 9.97. The molecule has 1 N–H and O–H groups in total. The van der Waals surface area contributed by atoms with E-state index in [0.29, 0.717) is 48.6 Å². The molecule has 0 bridgehead atoms. The van der Waals surface area contributed by atoms with E-state index < -0.39 is 5.82 Å². The van der Waals surface area contributed by atoms with Gasteiger partial charge < -0.3 is 15.0 Å². The zero-order valence-electron chi connectivity index (χ0n) is 17.3. The minimum Gasteiger partial charge on any atom is -0.380 e. The fourth-order valence-corrected chi connectivity index (χ4v) is 3.17. The quantitative estimate of drug-likeness (QED) is 0.522. The monoisotopic (exact) mass is 433 g/mol. The summed E-state index contributed by atoms with van der Waals surface area (Å²) in [5.74, 6) is -0.233. The van der Waals surface area contributed by atoms with Gasteiger partial charge in [-0.3, -0.25) is 9.36 Å². The van der Waals surface area contributed by atoms with Gasteiger partial charge in [0.15, 0.2) is 11.5 Å². The number of ether oxygens (including phenoxy) is 1. The second-order valence-corrected chi connectivity index (χ2v) is 7.45. The summed E-state index contributed by atoms with van der Waals surface area (Å²) in [4.78, 5) is 24.0. The van der Waals surface area contributed by atoms with E-state index in [1.54, 1.807) is 16.8 Å². The molecular formula is C21H25ClFN5O2. The first-order valence-electron chi connectivity index (χ1n) is 9.73. The van der Waals surface area contributed by atoms with E-state index >= 15 is 0 Å². The first kappa shape index (κ1) is 22.1. The van der Waals surface area contributed by atoms with Gasteiger partial charge in [-0.2, -0.15) is 0 Å². The van der Waals surface area contributed by atoms with Crippen LogP contribution < -0.4 is 10.9 Å². The zero-order valence-corrected chi connectivity index (χ0v) is 18.0. The van der Waals surface area contributed by atoms with Crippen molar-refractivity contribution < 1.29 is 9.13 Å². The maximum absolute atomic E-state index is 13.5. The summed E-state index contributed by atoms with van der Waals surface area (Å²) in [5.41, 5.74) is 2.19. The minimum absolute atomic E-state index is 0.0277. The predicted octanol–water partition coefficient (Wildman–Crippen LogP) is 3.26. The maximum Gasteiger partial charge on any atom is 0.293 e. The molecule has 3 aromatic rings. The van der Waals surface area contributed by atoms with E-state index in [1.807, 2.05) is 32.0 Å². The molecule has 0 aliphatic carbocycles. The number of benzene rings is 1. The van der Waals surface area contributed by atoms with Crippen molar-refractivity contribution in [1.29, 1.82) is 0 Å². The van der Waals surface area contributed by atoms with Crippen molar-refractivity contribution in [3.05, 3.63) is 51.7 Å². The number of pyridine rings is 1. The van der Waals surface area contributed by atoms with Crippen molar-refractivity contribution in [2.24, 2.45) is 0 Å². The lowest BCUT2D eigenvalue weighted by atomic mass is 10.1. The number of halogens is 2. The molecule has 0 saturated heterocycles. The topological polar surface area (TPSA) is 72.3 Å². The van der Waals surface area contributed by atoms with Crippen molar-refractivity contribution in [3.8, 4) is 11.1 Å². The van der Waals surface area contributed by atoms with Crippen LogP contribution in [0.15, 0.2) is 35.3 Å². The highest BCUT2D eigenvalue weighted by molar-refractivity contribution is 6.31. The molecule has 9 heteroatoms. The SMILES string of the molecule is CCOCCn1c(=O)c(NCCN(C)C)nc2ncc(-c3ccc(F)c(Cl)c3)cc21. The van der Waals surface area contributed by atoms with E-state index in [9.17, 15) is 9.18 Å². The van der Waals surface area contributed by atoms with Gasteiger partial charge in [-0.15, -0.1) is 0 Å². The van der Waals surface area contributed by atoms with Gasteiger partial charge in [0.05, 0.1) is 17.1 Å². The van der Waals surface area contributed by atoms with E-state index in [-0.39, 0.29) is 16.4 Å². The summed E-state index contributed by atoms with van der Waals surface area (Å²) in [6.45, 7) is 4.56. The van der Waals surface area contributed by atoms with Crippen LogP contribution in [-0.2, 0) is 11.3 Å². The smallest absolute Gasteiger partial charge is 0.293 e. The molecule has 7 nitrogen and oxygen atoms in total. The van der Waals surface area contributed by atoms with Crippen LogP contribution >= 0.6 is 11.6 Å². The number of aromatic nitrogens is 3. The largest absolute Gasteiger partial charge is 0.380 e. The highest BCUT2D eigenvalue weighted by atomic mass is 35.5. The van der Waals surface area contributed by atoms with Crippen LogP contribution in [-0.4, -0.2) is 59.8 Å². The fraction of sp³-hybridized carbons (Fsp3) is 0.381. The lowest BCUT2D eigenvalue weighted by Crippen LogP contribution is -2.29. The molecule has 1 aromatic carbocycles. The molecule has 0 amide bonds. The number of hydrogen-bond donors (Lipinski definition) is 1. The highest BCUT2D eigenvalue weighted by Crippen LogP contribution is 2.26. The molecule has 30 heavy (non-hydrogen) atoms. The zero-order chi connectivity index (χ0) is 21.7. The van der Waals surface area contributed by atoms with Crippen LogP contribution in [0.3, 0.4) is 0 Å². The predicted molar refractivity (Wildman–Crippen MR) is 118 cm³/mol. The molecule has 2 aromatic heterocycles. The lowest BCUT2D eigenvalue weighted by molar-refractivity contribution is 0.139. The van der Waals surface area contributed by atoms with E-state index in [1.165, 1.54) is 12.1 Å². The lowest BCUT2D eigenvalue weighted by Gasteiger charge is -2.15. The van der Waals surface area contributed by atoms with Crippen LogP contribution in [0.25, 0.3) is 22.3 Å². The fourth-order valence-electron chi connectivity index (χ4n) is 2.99. The minimum atomic E-state index is -0.488. The van der Waals surface area contributed by atoms with E-state index in [0.717, 1.165) is 6.54 Å². The van der Waals surface area contributed by atoms with Crippen molar-refractivity contribution in [2.75, 3.05) is 45.7 Å². The molecule has 0 aliphatic heterocycles. The van der Waals surface area contributed by atoms with Gasteiger partial charge in [0, 0.05) is 38.0 Å². The molecule has 0 atom stereocenters. The summed E-state index contributed by atoms with van der Waals surface area (Å²) < 4.78 is 20.6. The van der Waals surface area contributed by atoms with Crippen molar-refractivity contribution >= 4 is 28.6 Å². The molecule has 3 rings (SSSR count). The summed E-state index contributed by atoms with van der Waals surface area (Å²) in [5, 5.41) is 3.13. The van der Waals surface area contributed by atoms with Crippen molar-refractivity contribution in [1.82, 2.24) is 19.4 Å². The summed E-state index contributed by atoms with van der Waals surface area (Å²) >= 11 is 5.92. The van der Waals surface area contributed by atoms with Crippen LogP contribution in [0, 0.1) is 5.82 Å². The standard InChI is InChI=1S/C21H25ClFN5O2/c1-4-30-10-9-28-18-12-15(14-5-6-17(23)16(22)11-14)13-25-19(18)26-20(21(28)29)24-7-8-27(2)3/h5-6,11-13H,4,7-10H2,1-3H3,(H,24,25,26). The molecule has 0 saturated carbocycles. The second-order valence-electron chi connectivity index (χ2n) is 7.04. The Morgan fingerprint density at radius 2 is 2.07 bits per heavy atom. The number of anilines is 1. The van der Waals surface area contributed by atoms with Crippen LogP contribution in [0.1, 0.15) is 6.92 Å². The Labute approximate surface area is 179 Å². The summed E-state index contributed by atoms with van der Waals surface area (Å²) in [7, 11) is 3.92. The molecular weight excluding hydrogens is 409 g/mol. The Morgan fingerprint density at radius 3 is 2.77 bits per heavy atom. The van der Waals surface area contributed by atoms with Gasteiger partial charge in [-0.25, -0.2) is 14.4 Å². The van der Waals surface area contributed by atoms with Crippen molar-refractivity contribution in [3.63, 3.8) is 0 Å². The van der Waals surface area contributed by atoms with Gasteiger partial charge in [0.1, 0.15) is 5.82 Å². The molecule has 0 unspecified atom stereocenters. The molecule has 160 valence electrons. The van der Waals surface area contributed by atoms with Gasteiger partial charge >= 0.3 is 0 Å². The third kappa shape index (κ3) is 5.13. The Bertz CT molecular complexity index is 1090. The third-order valence-electron chi connectivity index (χ3n) is 4.57. The number of likely N-dealkylation sites (N-methyl/N-ethyl adjacent to an activating group) is 1. The normalized spacial score (nSPS) is 11.4. The number of nitrogens with zero attached hydrogens (tertiary/aromatic N) is 4. The Kier molecular flexibility index (Phi) is 7.36. The van der Waals surface area contributed by atoms with Crippen LogP contribution in [0.4, 0.5) is 10.2 Å². The van der Waals surface area contributed by atoms with Crippen molar-refractivity contribution in [2.45, 2.75) is 13.5 Å². The summed E-state index contributed by atoms with van der Waals surface area (Å²) in [6, 6.07) is 6.28. The Balaban J connectivity index is 2.06. The molecule has 0 radical (unpaired) electrons. The number of hydrogen-bond acceptors (Lipinski definition) is 6. The molecule has 0 spiro atoms. The number of rotatable bonds is 9. The molecule has 2 heterocycles.